The van der Waals surface area contributed by atoms with E-state index in [0.717, 1.165) is 12.8 Å². The fraction of sp³-hybridized carbons (Fsp3) is 0.850. The van der Waals surface area contributed by atoms with Crippen LogP contribution in [-0.4, -0.2) is 89.8 Å². The molecule has 3 aliphatic heterocycles. The first-order chi connectivity index (χ1) is 12.7. The van der Waals surface area contributed by atoms with Crippen molar-refractivity contribution in [3.63, 3.8) is 0 Å². The van der Waals surface area contributed by atoms with Crippen molar-refractivity contribution in [3.05, 3.63) is 0 Å². The van der Waals surface area contributed by atoms with Crippen LogP contribution in [0.25, 0.3) is 0 Å². The van der Waals surface area contributed by atoms with Crippen molar-refractivity contribution < 1.29 is 14.4 Å². The predicted octanol–water partition coefficient (Wildman–Crippen LogP) is 1.49. The second-order valence-corrected chi connectivity index (χ2v) is 8.96. The van der Waals surface area contributed by atoms with Gasteiger partial charge in [-0.15, -0.1) is 0 Å². The predicted molar refractivity (Wildman–Crippen MR) is 103 cm³/mol. The van der Waals surface area contributed by atoms with Crippen molar-refractivity contribution in [2.45, 2.75) is 45.6 Å². The highest BCUT2D eigenvalue weighted by Gasteiger charge is 2.61. The summed E-state index contributed by atoms with van der Waals surface area (Å²) in [6.45, 7) is 9.46. The van der Waals surface area contributed by atoms with Crippen molar-refractivity contribution >= 4 is 17.8 Å². The topological polar surface area (TPSA) is 64.2 Å². The van der Waals surface area contributed by atoms with Crippen LogP contribution in [0.15, 0.2) is 0 Å². The van der Waals surface area contributed by atoms with Gasteiger partial charge in [0.1, 0.15) is 0 Å². The first kappa shape index (κ1) is 20.0. The molecule has 0 N–H and O–H groups in total. The Labute approximate surface area is 162 Å². The summed E-state index contributed by atoms with van der Waals surface area (Å²) in [4.78, 5) is 45.4. The SMILES string of the molecule is CCN1C(=O)[C@@H]2CN(C(=O)N(C)C)C[C@@H]2C12CCN(C(=O)CC(C)C)CC2. The molecule has 3 saturated heterocycles. The maximum absolute atomic E-state index is 13.1. The molecule has 0 aliphatic carbocycles. The van der Waals surface area contributed by atoms with Gasteiger partial charge in [0.05, 0.1) is 11.5 Å². The largest absolute Gasteiger partial charge is 0.343 e. The number of carbonyl (C=O) groups is 3. The zero-order valence-corrected chi connectivity index (χ0v) is 17.4. The number of carbonyl (C=O) groups excluding carboxylic acids is 3. The van der Waals surface area contributed by atoms with Gasteiger partial charge in [0.2, 0.25) is 11.8 Å². The van der Waals surface area contributed by atoms with Crippen LogP contribution < -0.4 is 0 Å². The Morgan fingerprint density at radius 2 is 1.78 bits per heavy atom. The van der Waals surface area contributed by atoms with Gasteiger partial charge >= 0.3 is 6.03 Å². The molecule has 3 rings (SSSR count). The summed E-state index contributed by atoms with van der Waals surface area (Å²) < 4.78 is 0. The standard InChI is InChI=1S/C20H34N4O3/c1-6-24-18(26)15-12-23(19(27)21(4)5)13-16(15)20(24)7-9-22(10-8-20)17(25)11-14(2)3/h14-16H,6-13H2,1-5H3/t15-,16+/m1/s1. The van der Waals surface area contributed by atoms with Crippen LogP contribution in [0.4, 0.5) is 4.79 Å². The first-order valence-electron chi connectivity index (χ1n) is 10.3. The number of hydrogen-bond acceptors (Lipinski definition) is 3. The zero-order chi connectivity index (χ0) is 19.9. The minimum atomic E-state index is -0.202. The molecule has 0 aromatic carbocycles. The lowest BCUT2D eigenvalue weighted by Gasteiger charge is -2.48. The molecule has 3 fully saturated rings. The molecule has 0 saturated carbocycles. The van der Waals surface area contributed by atoms with E-state index in [9.17, 15) is 14.4 Å². The smallest absolute Gasteiger partial charge is 0.319 e. The molecule has 0 aromatic heterocycles. The Morgan fingerprint density at radius 3 is 2.30 bits per heavy atom. The maximum Gasteiger partial charge on any atom is 0.319 e. The van der Waals surface area contributed by atoms with Gasteiger partial charge in [-0.2, -0.15) is 0 Å². The summed E-state index contributed by atoms with van der Waals surface area (Å²) in [7, 11) is 3.51. The Bertz CT molecular complexity index is 610. The number of nitrogens with zero attached hydrogens (tertiary/aromatic N) is 4. The number of hydrogen-bond donors (Lipinski definition) is 0. The molecule has 152 valence electrons. The molecule has 7 nitrogen and oxygen atoms in total. The normalized spacial score (nSPS) is 26.9. The van der Waals surface area contributed by atoms with E-state index in [1.165, 1.54) is 0 Å². The van der Waals surface area contributed by atoms with Crippen molar-refractivity contribution in [2.24, 2.45) is 17.8 Å². The molecular formula is C20H34N4O3. The highest BCUT2D eigenvalue weighted by Crippen LogP contribution is 2.49. The monoisotopic (exact) mass is 378 g/mol. The van der Waals surface area contributed by atoms with E-state index in [1.54, 1.807) is 19.0 Å². The minimum Gasteiger partial charge on any atom is -0.343 e. The van der Waals surface area contributed by atoms with Gasteiger partial charge in [0, 0.05) is 59.2 Å². The maximum atomic E-state index is 13.1. The van der Waals surface area contributed by atoms with Crippen molar-refractivity contribution in [2.75, 3.05) is 46.8 Å². The zero-order valence-electron chi connectivity index (χ0n) is 17.4. The summed E-state index contributed by atoms with van der Waals surface area (Å²) in [5.74, 6) is 0.861. The highest BCUT2D eigenvalue weighted by molar-refractivity contribution is 5.86. The number of rotatable bonds is 3. The molecule has 0 radical (unpaired) electrons. The molecule has 2 atom stereocenters. The van der Waals surface area contributed by atoms with Crippen molar-refractivity contribution in [3.8, 4) is 0 Å². The summed E-state index contributed by atoms with van der Waals surface area (Å²) in [6, 6.07) is -0.0139. The first-order valence-corrected chi connectivity index (χ1v) is 10.3. The second kappa shape index (κ2) is 7.32. The van der Waals surface area contributed by atoms with Gasteiger partial charge in [0.25, 0.3) is 0 Å². The minimum absolute atomic E-state index is 0.0139. The molecular weight excluding hydrogens is 344 g/mol. The third kappa shape index (κ3) is 3.29. The Hall–Kier alpha value is -1.79. The van der Waals surface area contributed by atoms with Crippen LogP contribution in [0.2, 0.25) is 0 Å². The van der Waals surface area contributed by atoms with Crippen LogP contribution in [0.5, 0.6) is 0 Å². The summed E-state index contributed by atoms with van der Waals surface area (Å²) in [5.41, 5.74) is -0.202. The quantitative estimate of drug-likeness (QED) is 0.747. The van der Waals surface area contributed by atoms with Gasteiger partial charge in [-0.1, -0.05) is 13.8 Å². The molecule has 1 spiro atoms. The van der Waals surface area contributed by atoms with Crippen LogP contribution in [0.3, 0.4) is 0 Å². The molecule has 3 aliphatic rings. The second-order valence-electron chi connectivity index (χ2n) is 8.96. The molecule has 0 unspecified atom stereocenters. The summed E-state index contributed by atoms with van der Waals surface area (Å²) >= 11 is 0. The molecule has 4 amide bonds. The number of fused-ring (bicyclic) bond motifs is 2. The van der Waals surface area contributed by atoms with Gasteiger partial charge < -0.3 is 19.6 Å². The lowest BCUT2D eigenvalue weighted by Crippen LogP contribution is -2.58. The number of amides is 4. The molecule has 27 heavy (non-hydrogen) atoms. The third-order valence-electron chi connectivity index (χ3n) is 6.67. The van der Waals surface area contributed by atoms with Crippen LogP contribution in [-0.2, 0) is 9.59 Å². The molecule has 3 heterocycles. The number of urea groups is 1. The van der Waals surface area contributed by atoms with Crippen LogP contribution >= 0.6 is 0 Å². The van der Waals surface area contributed by atoms with Crippen molar-refractivity contribution in [1.29, 1.82) is 0 Å². The Balaban J connectivity index is 1.76. The molecule has 0 aromatic rings. The van der Waals surface area contributed by atoms with Gasteiger partial charge in [0.15, 0.2) is 0 Å². The summed E-state index contributed by atoms with van der Waals surface area (Å²) in [6.07, 6.45) is 2.23. The van der Waals surface area contributed by atoms with E-state index in [1.807, 2.05) is 16.7 Å². The average molecular weight is 379 g/mol. The van der Waals surface area contributed by atoms with E-state index in [4.69, 9.17) is 0 Å². The van der Waals surface area contributed by atoms with Gasteiger partial charge in [-0.3, -0.25) is 9.59 Å². The number of piperidine rings is 1. The number of likely N-dealkylation sites (tertiary alicyclic amines) is 3. The lowest BCUT2D eigenvalue weighted by atomic mass is 9.74. The van der Waals surface area contributed by atoms with E-state index in [2.05, 4.69) is 18.7 Å². The Kier molecular flexibility index (Phi) is 5.41. The molecule has 0 bridgehead atoms. The van der Waals surface area contributed by atoms with Crippen molar-refractivity contribution in [1.82, 2.24) is 19.6 Å². The lowest BCUT2D eigenvalue weighted by molar-refractivity contribution is -0.138. The van der Waals surface area contributed by atoms with Gasteiger partial charge in [-0.05, 0) is 25.7 Å². The fourth-order valence-corrected chi connectivity index (χ4v) is 5.39. The van der Waals surface area contributed by atoms with E-state index >= 15 is 0 Å². The third-order valence-corrected chi connectivity index (χ3v) is 6.67. The van der Waals surface area contributed by atoms with E-state index in [0.29, 0.717) is 45.1 Å². The van der Waals surface area contributed by atoms with Crippen LogP contribution in [0, 0.1) is 17.8 Å². The fourth-order valence-electron chi connectivity index (χ4n) is 5.39. The summed E-state index contributed by atoms with van der Waals surface area (Å²) in [5, 5.41) is 0. The van der Waals surface area contributed by atoms with E-state index in [-0.39, 0.29) is 35.2 Å². The highest BCUT2D eigenvalue weighted by atomic mass is 16.2. The van der Waals surface area contributed by atoms with Crippen LogP contribution in [0.1, 0.15) is 40.0 Å². The average Bonchev–Trinajstić information content (AvgIpc) is 3.14. The van der Waals surface area contributed by atoms with E-state index < -0.39 is 0 Å². The van der Waals surface area contributed by atoms with Gasteiger partial charge in [-0.25, -0.2) is 4.79 Å². The molecule has 7 heteroatoms. The Morgan fingerprint density at radius 1 is 1.15 bits per heavy atom.